The smallest absolute Gasteiger partial charge is 0.230 e. The molecule has 19 heavy (non-hydrogen) atoms. The Hall–Kier alpha value is -0.400. The third kappa shape index (κ3) is 2.15. The Morgan fingerprint density at radius 1 is 1.47 bits per heavy atom. The minimum absolute atomic E-state index is 0.143. The van der Waals surface area contributed by atoms with Crippen LogP contribution in [-0.2, 0) is 4.79 Å². The maximum atomic E-state index is 11.9. The number of carbonyl (C=O) groups excluding carboxylic acids is 1. The van der Waals surface area contributed by atoms with Gasteiger partial charge < -0.3 is 5.32 Å². The number of thioether (sulfide) groups is 1. The third-order valence-corrected chi connectivity index (χ3v) is 7.04. The van der Waals surface area contributed by atoms with Crippen LogP contribution in [0.4, 0.5) is 0 Å². The van der Waals surface area contributed by atoms with Crippen LogP contribution in [0.3, 0.4) is 0 Å². The molecule has 4 rings (SSSR count). The van der Waals surface area contributed by atoms with Gasteiger partial charge in [-0.2, -0.15) is 5.10 Å². The van der Waals surface area contributed by atoms with Crippen LogP contribution in [0, 0.1) is 27.6 Å². The van der Waals surface area contributed by atoms with Gasteiger partial charge in [0.1, 0.15) is 0 Å². The lowest BCUT2D eigenvalue weighted by molar-refractivity contribution is -0.118. The standard InChI is InChI=1S/C12H15N3OS3/c16-7(4-18-12-15-14-11(17)19-12)13-10-8-5-1-2-6(3-5)9(8)10/h5-6,8-10H,1-4H2,(H,13,16)(H,14,17)/t5-,6-,8+,9+/m0/s1. The summed E-state index contributed by atoms with van der Waals surface area (Å²) in [5.74, 6) is 4.01. The highest BCUT2D eigenvalue weighted by Gasteiger charge is 2.65. The fourth-order valence-electron chi connectivity index (χ4n) is 4.15. The highest BCUT2D eigenvalue weighted by atomic mass is 32.2. The van der Waals surface area contributed by atoms with E-state index in [1.165, 1.54) is 42.4 Å². The Labute approximate surface area is 124 Å². The summed E-state index contributed by atoms with van der Waals surface area (Å²) in [7, 11) is 0. The van der Waals surface area contributed by atoms with Crippen molar-refractivity contribution in [3.8, 4) is 0 Å². The van der Waals surface area contributed by atoms with Gasteiger partial charge in [0.25, 0.3) is 0 Å². The van der Waals surface area contributed by atoms with E-state index >= 15 is 0 Å². The van der Waals surface area contributed by atoms with Crippen LogP contribution < -0.4 is 5.32 Å². The molecule has 0 spiro atoms. The normalized spacial score (nSPS) is 38.2. The Balaban J connectivity index is 1.28. The van der Waals surface area contributed by atoms with Gasteiger partial charge in [-0.05, 0) is 55.2 Å². The number of aromatic nitrogens is 2. The first-order valence-corrected chi connectivity index (χ1v) is 8.91. The van der Waals surface area contributed by atoms with Crippen molar-refractivity contribution in [3.05, 3.63) is 3.95 Å². The SMILES string of the molecule is O=C(CSc1n[nH]c(=S)s1)NC1[C@@H]2[C@H]3CC[C@@H](C3)[C@@H]12. The summed E-state index contributed by atoms with van der Waals surface area (Å²) in [5, 5.41) is 9.99. The first kappa shape index (κ1) is 12.3. The molecule has 1 aromatic heterocycles. The van der Waals surface area contributed by atoms with E-state index in [0.717, 1.165) is 28.0 Å². The maximum absolute atomic E-state index is 11.9. The topological polar surface area (TPSA) is 57.8 Å². The van der Waals surface area contributed by atoms with Crippen molar-refractivity contribution in [1.29, 1.82) is 0 Å². The van der Waals surface area contributed by atoms with Gasteiger partial charge in [-0.15, -0.1) is 0 Å². The largest absolute Gasteiger partial charge is 0.352 e. The summed E-state index contributed by atoms with van der Waals surface area (Å²) in [5.41, 5.74) is 0. The molecule has 0 unspecified atom stereocenters. The van der Waals surface area contributed by atoms with E-state index in [1.807, 2.05) is 0 Å². The molecular formula is C12H15N3OS3. The zero-order valence-corrected chi connectivity index (χ0v) is 12.7. The molecule has 0 aromatic carbocycles. The minimum atomic E-state index is 0.143. The van der Waals surface area contributed by atoms with Crippen molar-refractivity contribution >= 4 is 41.2 Å². The van der Waals surface area contributed by atoms with Crippen LogP contribution in [-0.4, -0.2) is 27.9 Å². The molecule has 0 saturated heterocycles. The number of hydrogen-bond acceptors (Lipinski definition) is 5. The number of nitrogens with zero attached hydrogens (tertiary/aromatic N) is 1. The first-order valence-electron chi connectivity index (χ1n) is 6.70. The van der Waals surface area contributed by atoms with Crippen molar-refractivity contribution in [2.75, 3.05) is 5.75 Å². The van der Waals surface area contributed by atoms with Crippen molar-refractivity contribution in [3.63, 3.8) is 0 Å². The van der Waals surface area contributed by atoms with Crippen LogP contribution in [0.5, 0.6) is 0 Å². The summed E-state index contributed by atoms with van der Waals surface area (Å²) in [6.07, 6.45) is 4.21. The van der Waals surface area contributed by atoms with E-state index in [-0.39, 0.29) is 5.91 Å². The Kier molecular flexibility index (Phi) is 2.97. The predicted octanol–water partition coefficient (Wildman–Crippen LogP) is 2.45. The van der Waals surface area contributed by atoms with E-state index in [2.05, 4.69) is 15.5 Å². The molecule has 3 saturated carbocycles. The summed E-state index contributed by atoms with van der Waals surface area (Å²) >= 11 is 7.85. The van der Waals surface area contributed by atoms with Crippen LogP contribution in [0.2, 0.25) is 0 Å². The van der Waals surface area contributed by atoms with E-state index in [1.54, 1.807) is 0 Å². The van der Waals surface area contributed by atoms with Gasteiger partial charge in [-0.25, -0.2) is 0 Å². The van der Waals surface area contributed by atoms with Crippen molar-refractivity contribution in [2.45, 2.75) is 29.6 Å². The summed E-state index contributed by atoms with van der Waals surface area (Å²) in [6.45, 7) is 0. The highest BCUT2D eigenvalue weighted by molar-refractivity contribution is 8.01. The molecule has 3 aliphatic carbocycles. The molecule has 4 nitrogen and oxygen atoms in total. The first-order chi connectivity index (χ1) is 9.22. The summed E-state index contributed by atoms with van der Waals surface area (Å²) in [4.78, 5) is 11.9. The Morgan fingerprint density at radius 3 is 2.84 bits per heavy atom. The van der Waals surface area contributed by atoms with Gasteiger partial charge in [0.2, 0.25) is 5.91 Å². The highest BCUT2D eigenvalue weighted by Crippen LogP contribution is 2.65. The zero-order valence-electron chi connectivity index (χ0n) is 10.3. The number of nitrogens with one attached hydrogen (secondary N) is 2. The second-order valence-corrected chi connectivity index (χ2v) is 8.64. The van der Waals surface area contributed by atoms with Crippen molar-refractivity contribution in [1.82, 2.24) is 15.5 Å². The molecule has 7 heteroatoms. The second kappa shape index (κ2) is 4.56. The molecule has 0 aliphatic heterocycles. The maximum Gasteiger partial charge on any atom is 0.230 e. The van der Waals surface area contributed by atoms with Gasteiger partial charge in [0.05, 0.1) is 5.75 Å². The molecule has 4 atom stereocenters. The van der Waals surface area contributed by atoms with Crippen LogP contribution in [0.25, 0.3) is 0 Å². The molecule has 2 N–H and O–H groups in total. The monoisotopic (exact) mass is 313 g/mol. The van der Waals surface area contributed by atoms with Gasteiger partial charge in [0, 0.05) is 6.04 Å². The van der Waals surface area contributed by atoms with Gasteiger partial charge in [0.15, 0.2) is 8.29 Å². The predicted molar refractivity (Wildman–Crippen MR) is 77.8 cm³/mol. The molecule has 102 valence electrons. The summed E-state index contributed by atoms with van der Waals surface area (Å²) < 4.78 is 1.51. The molecule has 1 heterocycles. The summed E-state index contributed by atoms with van der Waals surface area (Å²) in [6, 6.07) is 0.483. The molecule has 0 radical (unpaired) electrons. The zero-order chi connectivity index (χ0) is 13.0. The van der Waals surface area contributed by atoms with Gasteiger partial charge >= 0.3 is 0 Å². The van der Waals surface area contributed by atoms with Crippen LogP contribution >= 0.6 is 35.3 Å². The average molecular weight is 313 g/mol. The quantitative estimate of drug-likeness (QED) is 0.662. The van der Waals surface area contributed by atoms with Gasteiger partial charge in [-0.1, -0.05) is 23.1 Å². The third-order valence-electron chi connectivity index (χ3n) is 4.81. The minimum Gasteiger partial charge on any atom is -0.352 e. The number of hydrogen-bond donors (Lipinski definition) is 2. The number of carbonyl (C=O) groups is 1. The second-order valence-electron chi connectivity index (χ2n) is 5.75. The molecule has 1 aromatic rings. The fraction of sp³-hybridized carbons (Fsp3) is 0.750. The van der Waals surface area contributed by atoms with Crippen LogP contribution in [0.1, 0.15) is 19.3 Å². The molecule has 3 fully saturated rings. The number of fused-ring (bicyclic) bond motifs is 5. The molecule has 1 amide bonds. The average Bonchev–Trinajstić information content (AvgIpc) is 2.79. The Bertz CT molecular complexity index is 553. The lowest BCUT2D eigenvalue weighted by Gasteiger charge is -2.09. The molecular weight excluding hydrogens is 298 g/mol. The van der Waals surface area contributed by atoms with Crippen molar-refractivity contribution in [2.24, 2.45) is 23.7 Å². The lowest BCUT2D eigenvalue weighted by Crippen LogP contribution is -2.31. The Morgan fingerprint density at radius 2 is 2.21 bits per heavy atom. The lowest BCUT2D eigenvalue weighted by atomic mass is 10.0. The van der Waals surface area contributed by atoms with Gasteiger partial charge in [-0.3, -0.25) is 9.89 Å². The fourth-order valence-corrected chi connectivity index (χ4v) is 6.04. The van der Waals surface area contributed by atoms with E-state index in [4.69, 9.17) is 12.2 Å². The van der Waals surface area contributed by atoms with E-state index in [9.17, 15) is 4.79 Å². The molecule has 3 aliphatic rings. The number of amides is 1. The number of H-pyrrole nitrogens is 1. The number of rotatable bonds is 4. The molecule has 2 bridgehead atoms. The van der Waals surface area contributed by atoms with E-state index in [0.29, 0.717) is 15.7 Å². The van der Waals surface area contributed by atoms with Crippen LogP contribution in [0.15, 0.2) is 4.34 Å². The van der Waals surface area contributed by atoms with E-state index < -0.39 is 0 Å². The number of aromatic amines is 1. The van der Waals surface area contributed by atoms with Crippen molar-refractivity contribution < 1.29 is 4.79 Å².